The average Bonchev–Trinajstić information content (AvgIpc) is 3.70. The molecule has 2 aromatic heterocycles. The van der Waals surface area contributed by atoms with E-state index in [1.807, 2.05) is 84.9 Å². The lowest BCUT2D eigenvalue weighted by Gasteiger charge is -2.16. The molecule has 0 spiro atoms. The first-order chi connectivity index (χ1) is 24.7. The summed E-state index contributed by atoms with van der Waals surface area (Å²) in [4.78, 5) is 0. The van der Waals surface area contributed by atoms with E-state index >= 15 is 0 Å². The number of aromatic nitrogens is 2. The molecule has 0 fully saturated rings. The summed E-state index contributed by atoms with van der Waals surface area (Å²) in [6, 6.07) is 57.8. The van der Waals surface area contributed by atoms with Gasteiger partial charge in [0.1, 0.15) is 6.07 Å². The molecule has 0 aliphatic carbocycles. The zero-order valence-corrected chi connectivity index (χ0v) is 26.7. The van der Waals surface area contributed by atoms with Gasteiger partial charge >= 0.3 is 0 Å². The summed E-state index contributed by atoms with van der Waals surface area (Å²) in [5.74, 6) is 0. The minimum Gasteiger partial charge on any atom is -0.309 e. The molecule has 7 aromatic carbocycles. The monoisotopic (exact) mass is 635 g/mol. The third-order valence-electron chi connectivity index (χ3n) is 9.65. The van der Waals surface area contributed by atoms with E-state index in [0.717, 1.165) is 77.2 Å². The molecule has 0 atom stereocenters. The fourth-order valence-corrected chi connectivity index (χ4v) is 7.43. The predicted octanol–water partition coefficient (Wildman–Crippen LogP) is 10.8. The van der Waals surface area contributed by atoms with E-state index in [9.17, 15) is 15.8 Å². The van der Waals surface area contributed by atoms with Crippen LogP contribution in [0.1, 0.15) is 16.7 Å². The Kier molecular flexibility index (Phi) is 6.56. The van der Waals surface area contributed by atoms with Crippen LogP contribution in [-0.4, -0.2) is 9.13 Å². The van der Waals surface area contributed by atoms with Crippen molar-refractivity contribution in [2.24, 2.45) is 0 Å². The molecule has 5 heteroatoms. The molecular formula is C45H25N5. The summed E-state index contributed by atoms with van der Waals surface area (Å²) in [7, 11) is 0. The highest BCUT2D eigenvalue weighted by atomic mass is 15.0. The van der Waals surface area contributed by atoms with E-state index < -0.39 is 0 Å². The second-order valence-corrected chi connectivity index (χ2v) is 12.3. The Morgan fingerprint density at radius 2 is 1.04 bits per heavy atom. The smallest absolute Gasteiger partial charge is 0.101 e. The number of benzene rings is 7. The Morgan fingerprint density at radius 3 is 1.80 bits per heavy atom. The van der Waals surface area contributed by atoms with Gasteiger partial charge in [-0.1, -0.05) is 91.0 Å². The van der Waals surface area contributed by atoms with Gasteiger partial charge in [0.15, 0.2) is 0 Å². The molecule has 0 saturated heterocycles. The quantitative estimate of drug-likeness (QED) is 0.193. The fourth-order valence-electron chi connectivity index (χ4n) is 7.43. The molecular weight excluding hydrogens is 611 g/mol. The van der Waals surface area contributed by atoms with Crippen molar-refractivity contribution in [1.29, 1.82) is 15.8 Å². The lowest BCUT2D eigenvalue weighted by atomic mass is 9.94. The molecule has 2 heterocycles. The van der Waals surface area contributed by atoms with Crippen molar-refractivity contribution in [1.82, 2.24) is 9.13 Å². The van der Waals surface area contributed by atoms with Gasteiger partial charge in [-0.25, -0.2) is 0 Å². The largest absolute Gasteiger partial charge is 0.309 e. The molecule has 9 rings (SSSR count). The van der Waals surface area contributed by atoms with Crippen LogP contribution in [0.5, 0.6) is 0 Å². The summed E-state index contributed by atoms with van der Waals surface area (Å²) < 4.78 is 4.38. The molecule has 0 amide bonds. The fraction of sp³-hybridized carbons (Fsp3) is 0. The first kappa shape index (κ1) is 28.8. The van der Waals surface area contributed by atoms with Gasteiger partial charge in [0.2, 0.25) is 0 Å². The summed E-state index contributed by atoms with van der Waals surface area (Å²) in [6.07, 6.45) is 0. The lowest BCUT2D eigenvalue weighted by Crippen LogP contribution is -1.99. The summed E-state index contributed by atoms with van der Waals surface area (Å²) in [5.41, 5.74) is 11.4. The van der Waals surface area contributed by atoms with Crippen molar-refractivity contribution in [3.8, 4) is 51.8 Å². The second kappa shape index (κ2) is 11.4. The predicted molar refractivity (Wildman–Crippen MR) is 200 cm³/mol. The van der Waals surface area contributed by atoms with Gasteiger partial charge in [0, 0.05) is 38.4 Å². The van der Waals surface area contributed by atoms with Crippen LogP contribution < -0.4 is 0 Å². The molecule has 0 radical (unpaired) electrons. The third-order valence-corrected chi connectivity index (χ3v) is 9.65. The van der Waals surface area contributed by atoms with Gasteiger partial charge in [0.25, 0.3) is 0 Å². The van der Waals surface area contributed by atoms with Crippen molar-refractivity contribution in [2.75, 3.05) is 0 Å². The highest BCUT2D eigenvalue weighted by Crippen LogP contribution is 2.39. The van der Waals surface area contributed by atoms with Gasteiger partial charge in [-0.05, 0) is 71.8 Å². The van der Waals surface area contributed by atoms with Gasteiger partial charge in [-0.15, -0.1) is 0 Å². The highest BCUT2D eigenvalue weighted by Gasteiger charge is 2.19. The Labute approximate surface area is 287 Å². The summed E-state index contributed by atoms with van der Waals surface area (Å²) in [5, 5.41) is 34.3. The molecule has 0 aliphatic rings. The Bertz CT molecular complexity index is 2960. The SMILES string of the molecule is N#Cc1ccc2c(c1)c1ccccc1n2-c1ccc(-c2ccc(-c3ccccc3-n3c4ccccc4c4cccc(C#N)c43)c(C#N)c2)cc1. The van der Waals surface area contributed by atoms with E-state index in [4.69, 9.17) is 0 Å². The zero-order chi connectivity index (χ0) is 33.8. The van der Waals surface area contributed by atoms with Crippen LogP contribution in [0.4, 0.5) is 0 Å². The highest BCUT2D eigenvalue weighted by molar-refractivity contribution is 6.12. The molecule has 50 heavy (non-hydrogen) atoms. The van der Waals surface area contributed by atoms with Gasteiger partial charge in [0.05, 0.1) is 56.6 Å². The van der Waals surface area contributed by atoms with Crippen molar-refractivity contribution in [3.63, 3.8) is 0 Å². The Hall–Kier alpha value is -7.39. The normalized spacial score (nSPS) is 11.1. The van der Waals surface area contributed by atoms with E-state index in [1.54, 1.807) is 0 Å². The molecule has 0 unspecified atom stereocenters. The number of fused-ring (bicyclic) bond motifs is 6. The first-order valence-electron chi connectivity index (χ1n) is 16.3. The number of para-hydroxylation sites is 4. The Balaban J connectivity index is 1.15. The Morgan fingerprint density at radius 1 is 0.400 bits per heavy atom. The van der Waals surface area contributed by atoms with Gasteiger partial charge < -0.3 is 9.13 Å². The van der Waals surface area contributed by atoms with Crippen LogP contribution in [0.15, 0.2) is 152 Å². The van der Waals surface area contributed by atoms with Crippen molar-refractivity contribution in [3.05, 3.63) is 168 Å². The van der Waals surface area contributed by atoms with Crippen molar-refractivity contribution < 1.29 is 0 Å². The van der Waals surface area contributed by atoms with Crippen LogP contribution in [0.25, 0.3) is 77.2 Å². The molecule has 0 N–H and O–H groups in total. The average molecular weight is 636 g/mol. The van der Waals surface area contributed by atoms with E-state index in [2.05, 4.69) is 94.1 Å². The molecule has 0 bridgehead atoms. The molecule has 5 nitrogen and oxygen atoms in total. The number of nitriles is 3. The van der Waals surface area contributed by atoms with Crippen molar-refractivity contribution >= 4 is 43.6 Å². The van der Waals surface area contributed by atoms with E-state index in [-0.39, 0.29) is 0 Å². The standard InChI is InChI=1S/C45H25N5/c46-26-29-16-23-44-40(24-29)38-11-3-4-13-41(38)49(44)34-20-17-30(18-21-34)31-19-22-35(33(25-31)28-48)36-9-1-5-14-42(36)50-43-15-6-2-10-37(43)39-12-7-8-32(27-47)45(39)50/h1-25H. The molecule has 0 saturated carbocycles. The van der Waals surface area contributed by atoms with E-state index in [0.29, 0.717) is 16.7 Å². The zero-order valence-electron chi connectivity index (χ0n) is 26.7. The maximum atomic E-state index is 10.5. The van der Waals surface area contributed by atoms with E-state index in [1.165, 1.54) is 0 Å². The maximum Gasteiger partial charge on any atom is 0.101 e. The topological polar surface area (TPSA) is 81.2 Å². The van der Waals surface area contributed by atoms with Crippen LogP contribution >= 0.6 is 0 Å². The van der Waals surface area contributed by atoms with Crippen molar-refractivity contribution in [2.45, 2.75) is 0 Å². The van der Waals surface area contributed by atoms with Crippen LogP contribution in [0.3, 0.4) is 0 Å². The van der Waals surface area contributed by atoms with Gasteiger partial charge in [-0.2, -0.15) is 15.8 Å². The number of rotatable bonds is 4. The minimum absolute atomic E-state index is 0.566. The molecule has 0 aliphatic heterocycles. The number of hydrogen-bond acceptors (Lipinski definition) is 3. The first-order valence-corrected chi connectivity index (χ1v) is 16.3. The number of hydrogen-bond donors (Lipinski definition) is 0. The molecule has 9 aromatic rings. The molecule has 230 valence electrons. The third kappa shape index (κ3) is 4.31. The van der Waals surface area contributed by atoms with Crippen LogP contribution in [-0.2, 0) is 0 Å². The number of nitrogens with zero attached hydrogens (tertiary/aromatic N) is 5. The van der Waals surface area contributed by atoms with Crippen LogP contribution in [0, 0.1) is 34.0 Å². The van der Waals surface area contributed by atoms with Crippen LogP contribution in [0.2, 0.25) is 0 Å². The van der Waals surface area contributed by atoms with Gasteiger partial charge in [-0.3, -0.25) is 0 Å². The summed E-state index contributed by atoms with van der Waals surface area (Å²) in [6.45, 7) is 0. The second-order valence-electron chi connectivity index (χ2n) is 12.3. The maximum absolute atomic E-state index is 10.5. The lowest BCUT2D eigenvalue weighted by molar-refractivity contribution is 1.18. The summed E-state index contributed by atoms with van der Waals surface area (Å²) >= 11 is 0. The minimum atomic E-state index is 0.566.